The van der Waals surface area contributed by atoms with Gasteiger partial charge in [-0.1, -0.05) is 0 Å². The largest absolute Gasteiger partial charge is 0.573 e. The summed E-state index contributed by atoms with van der Waals surface area (Å²) < 4.78 is 82.5. The number of methoxy groups -OCH3 is 1. The molecule has 1 aromatic heterocycles. The van der Waals surface area contributed by atoms with Crippen LogP contribution in [0.1, 0.15) is 17.6 Å². The second-order valence-electron chi connectivity index (χ2n) is 3.41. The van der Waals surface area contributed by atoms with Crippen LogP contribution in [0.4, 0.5) is 26.3 Å². The molecule has 1 aromatic rings. The molecule has 0 bridgehead atoms. The van der Waals surface area contributed by atoms with Crippen LogP contribution >= 0.6 is 0 Å². The highest BCUT2D eigenvalue weighted by atomic mass is 19.4. The quantitative estimate of drug-likeness (QED) is 0.487. The molecule has 20 heavy (non-hydrogen) atoms. The van der Waals surface area contributed by atoms with Crippen molar-refractivity contribution < 1.29 is 40.6 Å². The molecule has 0 saturated carbocycles. The molecule has 112 valence electrons. The molecule has 4 nitrogen and oxygen atoms in total. The van der Waals surface area contributed by atoms with Gasteiger partial charge in [-0.25, -0.2) is 13.8 Å². The maximum absolute atomic E-state index is 13.2. The molecule has 0 atom stereocenters. The second-order valence-corrected chi connectivity index (χ2v) is 3.41. The highest BCUT2D eigenvalue weighted by Gasteiger charge is 2.35. The Morgan fingerprint density at radius 3 is 2.45 bits per heavy atom. The summed E-state index contributed by atoms with van der Waals surface area (Å²) in [6.45, 7) is 0. The van der Waals surface area contributed by atoms with Gasteiger partial charge in [-0.05, 0) is 0 Å². The number of carbonyl (C=O) groups is 1. The van der Waals surface area contributed by atoms with Crippen LogP contribution in [0.15, 0.2) is 6.20 Å². The second kappa shape index (κ2) is 5.97. The van der Waals surface area contributed by atoms with Crippen LogP contribution in [0, 0.1) is 5.95 Å². The van der Waals surface area contributed by atoms with Crippen LogP contribution < -0.4 is 4.74 Å². The average Bonchev–Trinajstić information content (AvgIpc) is 2.30. The van der Waals surface area contributed by atoms with E-state index in [4.69, 9.17) is 0 Å². The van der Waals surface area contributed by atoms with Gasteiger partial charge in [0, 0.05) is 5.56 Å². The minimum Gasteiger partial charge on any atom is -0.469 e. The monoisotopic (exact) mass is 303 g/mol. The number of pyridine rings is 1. The maximum atomic E-state index is 13.2. The SMILES string of the molecule is COC(=O)Cc1c(OC(F)(F)F)cnc(F)c1C(F)F. The number of esters is 1. The Kier molecular flexibility index (Phi) is 4.79. The van der Waals surface area contributed by atoms with Crippen LogP contribution in [0.2, 0.25) is 0 Å². The first-order valence-corrected chi connectivity index (χ1v) is 4.93. The molecule has 0 aromatic carbocycles. The van der Waals surface area contributed by atoms with E-state index in [2.05, 4.69) is 14.5 Å². The van der Waals surface area contributed by atoms with Gasteiger partial charge in [0.2, 0.25) is 5.95 Å². The number of ether oxygens (including phenoxy) is 2. The number of aromatic nitrogens is 1. The van der Waals surface area contributed by atoms with Gasteiger partial charge in [-0.15, -0.1) is 13.2 Å². The normalized spacial score (nSPS) is 11.6. The van der Waals surface area contributed by atoms with Gasteiger partial charge in [0.25, 0.3) is 6.43 Å². The molecule has 1 heterocycles. The van der Waals surface area contributed by atoms with Gasteiger partial charge in [0.05, 0.1) is 25.3 Å². The van der Waals surface area contributed by atoms with Gasteiger partial charge < -0.3 is 9.47 Å². The number of carbonyl (C=O) groups excluding carboxylic acids is 1. The van der Waals surface area contributed by atoms with Crippen molar-refractivity contribution in [2.75, 3.05) is 7.11 Å². The number of rotatable bonds is 4. The summed E-state index contributed by atoms with van der Waals surface area (Å²) in [5, 5.41) is 0. The summed E-state index contributed by atoms with van der Waals surface area (Å²) in [6.07, 6.45) is -9.42. The smallest absolute Gasteiger partial charge is 0.469 e. The molecular formula is C10H7F6NO3. The van der Waals surface area contributed by atoms with Crippen molar-refractivity contribution in [3.63, 3.8) is 0 Å². The minimum atomic E-state index is -5.20. The zero-order chi connectivity index (χ0) is 15.5. The summed E-state index contributed by atoms with van der Waals surface area (Å²) >= 11 is 0. The lowest BCUT2D eigenvalue weighted by molar-refractivity contribution is -0.275. The molecule has 0 saturated heterocycles. The molecular weight excluding hydrogens is 296 g/mol. The van der Waals surface area contributed by atoms with E-state index in [-0.39, 0.29) is 6.20 Å². The maximum Gasteiger partial charge on any atom is 0.573 e. The van der Waals surface area contributed by atoms with Crippen LogP contribution in [-0.2, 0) is 16.0 Å². The molecule has 0 fully saturated rings. The van der Waals surface area contributed by atoms with Crippen molar-refractivity contribution in [1.29, 1.82) is 0 Å². The van der Waals surface area contributed by atoms with Gasteiger partial charge in [0.1, 0.15) is 0 Å². The van der Waals surface area contributed by atoms with E-state index in [1.807, 2.05) is 0 Å². The molecule has 0 aliphatic heterocycles. The van der Waals surface area contributed by atoms with Crippen molar-refractivity contribution in [3.05, 3.63) is 23.3 Å². The molecule has 0 radical (unpaired) electrons. The fourth-order valence-corrected chi connectivity index (χ4v) is 1.35. The molecule has 0 aliphatic rings. The van der Waals surface area contributed by atoms with Crippen molar-refractivity contribution in [3.8, 4) is 5.75 Å². The first-order valence-electron chi connectivity index (χ1n) is 4.93. The molecule has 0 spiro atoms. The van der Waals surface area contributed by atoms with E-state index in [0.717, 1.165) is 7.11 Å². The van der Waals surface area contributed by atoms with Crippen LogP contribution in [0.25, 0.3) is 0 Å². The van der Waals surface area contributed by atoms with Crippen molar-refractivity contribution in [2.24, 2.45) is 0 Å². The summed E-state index contributed by atoms with van der Waals surface area (Å²) in [5.41, 5.74) is -2.39. The Morgan fingerprint density at radius 1 is 1.40 bits per heavy atom. The third kappa shape index (κ3) is 4.00. The lowest BCUT2D eigenvalue weighted by Crippen LogP contribution is -2.20. The Bertz CT molecular complexity index is 503. The highest BCUT2D eigenvalue weighted by Crippen LogP contribution is 2.34. The molecule has 10 heteroatoms. The first-order chi connectivity index (χ1) is 9.15. The van der Waals surface area contributed by atoms with Gasteiger partial charge in [0.15, 0.2) is 5.75 Å². The molecule has 1 rings (SSSR count). The lowest BCUT2D eigenvalue weighted by atomic mass is 10.1. The van der Waals surface area contributed by atoms with Gasteiger partial charge in [-0.3, -0.25) is 4.79 Å². The molecule has 0 unspecified atom stereocenters. The van der Waals surface area contributed by atoms with E-state index in [1.165, 1.54) is 0 Å². The van der Waals surface area contributed by atoms with E-state index >= 15 is 0 Å². The van der Waals surface area contributed by atoms with Gasteiger partial charge in [-0.2, -0.15) is 4.39 Å². The van der Waals surface area contributed by atoms with Crippen LogP contribution in [0.5, 0.6) is 5.75 Å². The predicted octanol–water partition coefficient (Wildman–Crippen LogP) is 2.77. The van der Waals surface area contributed by atoms with Crippen molar-refractivity contribution in [2.45, 2.75) is 19.2 Å². The Labute approximate surface area is 108 Å². The molecule has 0 aliphatic carbocycles. The average molecular weight is 303 g/mol. The van der Waals surface area contributed by atoms with E-state index in [1.54, 1.807) is 0 Å². The van der Waals surface area contributed by atoms with Crippen molar-refractivity contribution in [1.82, 2.24) is 4.98 Å². The molecule has 0 amide bonds. The fraction of sp³-hybridized carbons (Fsp3) is 0.400. The predicted molar refractivity (Wildman–Crippen MR) is 51.6 cm³/mol. The number of hydrogen-bond donors (Lipinski definition) is 0. The lowest BCUT2D eigenvalue weighted by Gasteiger charge is -2.15. The summed E-state index contributed by atoms with van der Waals surface area (Å²) in [7, 11) is 0.895. The number of hydrogen-bond acceptors (Lipinski definition) is 4. The standard InChI is InChI=1S/C10H7F6NO3/c1-19-6(18)2-4-5(20-10(14,15)16)3-17-9(13)7(4)8(11)12/h3,8H,2H2,1H3. The third-order valence-corrected chi connectivity index (χ3v) is 2.13. The summed E-state index contributed by atoms with van der Waals surface area (Å²) in [4.78, 5) is 13.8. The Balaban J connectivity index is 3.36. The van der Waals surface area contributed by atoms with Gasteiger partial charge >= 0.3 is 12.3 Å². The first kappa shape index (κ1) is 16.1. The van der Waals surface area contributed by atoms with Crippen LogP contribution in [0.3, 0.4) is 0 Å². The minimum absolute atomic E-state index is 0.271. The zero-order valence-corrected chi connectivity index (χ0v) is 9.80. The Morgan fingerprint density at radius 2 is 2.00 bits per heavy atom. The number of halogens is 6. The summed E-state index contributed by atoms with van der Waals surface area (Å²) in [6, 6.07) is 0. The highest BCUT2D eigenvalue weighted by molar-refractivity contribution is 5.74. The zero-order valence-electron chi connectivity index (χ0n) is 9.80. The van der Waals surface area contributed by atoms with E-state index < -0.39 is 48.0 Å². The van der Waals surface area contributed by atoms with Crippen LogP contribution in [-0.4, -0.2) is 24.4 Å². The molecule has 0 N–H and O–H groups in total. The third-order valence-electron chi connectivity index (χ3n) is 2.13. The van der Waals surface area contributed by atoms with E-state index in [0.29, 0.717) is 0 Å². The Hall–Kier alpha value is -2.00. The number of nitrogens with zero attached hydrogens (tertiary/aromatic N) is 1. The summed E-state index contributed by atoms with van der Waals surface area (Å²) in [5.74, 6) is -4.00. The number of alkyl halides is 5. The fourth-order valence-electron chi connectivity index (χ4n) is 1.35. The van der Waals surface area contributed by atoms with Crippen molar-refractivity contribution >= 4 is 5.97 Å². The topological polar surface area (TPSA) is 48.4 Å². The van der Waals surface area contributed by atoms with E-state index in [9.17, 15) is 31.1 Å².